The summed E-state index contributed by atoms with van der Waals surface area (Å²) < 4.78 is 1.77. The van der Waals surface area contributed by atoms with Crippen molar-refractivity contribution in [3.63, 3.8) is 0 Å². The van der Waals surface area contributed by atoms with Gasteiger partial charge >= 0.3 is 0 Å². The van der Waals surface area contributed by atoms with E-state index >= 15 is 0 Å². The van der Waals surface area contributed by atoms with Crippen LogP contribution >= 0.6 is 34.7 Å². The minimum atomic E-state index is 0.614. The number of hydrogen-bond acceptors (Lipinski definition) is 3. The second-order valence-corrected chi connectivity index (χ2v) is 4.79. The van der Waals surface area contributed by atoms with Crippen LogP contribution in [0.2, 0.25) is 4.47 Å². The average Bonchev–Trinajstić information content (AvgIpc) is 2.43. The minimum absolute atomic E-state index is 0.614. The molecule has 1 heterocycles. The molecule has 0 spiro atoms. The van der Waals surface area contributed by atoms with Gasteiger partial charge in [-0.1, -0.05) is 11.6 Å². The number of fused-ring (bicyclic) bond motifs is 1. The maximum Gasteiger partial charge on any atom is 0.184 e. The van der Waals surface area contributed by atoms with E-state index in [0.717, 1.165) is 10.2 Å². The van der Waals surface area contributed by atoms with Crippen LogP contribution in [-0.2, 0) is 0 Å². The second kappa shape index (κ2) is 3.24. The molecule has 1 aromatic carbocycles. The molecule has 0 bridgehead atoms. The molecule has 12 heavy (non-hydrogen) atoms. The number of rotatable bonds is 1. The molecule has 2 rings (SSSR count). The van der Waals surface area contributed by atoms with Gasteiger partial charge in [0.1, 0.15) is 0 Å². The van der Waals surface area contributed by atoms with Gasteiger partial charge in [0, 0.05) is 4.90 Å². The van der Waals surface area contributed by atoms with Crippen LogP contribution in [0.1, 0.15) is 0 Å². The quantitative estimate of drug-likeness (QED) is 0.674. The molecular formula is C8H6ClNS2. The highest BCUT2D eigenvalue weighted by Gasteiger charge is 2.01. The number of thioether (sulfide) groups is 1. The lowest BCUT2D eigenvalue weighted by atomic mass is 10.3. The summed E-state index contributed by atoms with van der Waals surface area (Å²) in [6.07, 6.45) is 2.06. The Morgan fingerprint density at radius 1 is 1.50 bits per heavy atom. The zero-order valence-electron chi connectivity index (χ0n) is 6.37. The van der Waals surface area contributed by atoms with E-state index in [0.29, 0.717) is 4.47 Å². The molecule has 0 saturated heterocycles. The van der Waals surface area contributed by atoms with Gasteiger partial charge < -0.3 is 0 Å². The Morgan fingerprint density at radius 2 is 2.33 bits per heavy atom. The highest BCUT2D eigenvalue weighted by atomic mass is 35.5. The first kappa shape index (κ1) is 8.35. The lowest BCUT2D eigenvalue weighted by molar-refractivity contribution is 1.46. The van der Waals surface area contributed by atoms with Crippen molar-refractivity contribution in [1.29, 1.82) is 0 Å². The number of aromatic nitrogens is 1. The van der Waals surface area contributed by atoms with Crippen LogP contribution in [0, 0.1) is 0 Å². The monoisotopic (exact) mass is 215 g/mol. The van der Waals surface area contributed by atoms with Crippen molar-refractivity contribution in [2.75, 3.05) is 6.26 Å². The molecule has 0 fully saturated rings. The summed E-state index contributed by atoms with van der Waals surface area (Å²) in [5, 5.41) is 0. The molecule has 0 unspecified atom stereocenters. The summed E-state index contributed by atoms with van der Waals surface area (Å²) >= 11 is 9.03. The summed E-state index contributed by atoms with van der Waals surface area (Å²) in [5.74, 6) is 0. The molecule has 4 heteroatoms. The van der Waals surface area contributed by atoms with Crippen LogP contribution in [0.25, 0.3) is 10.2 Å². The maximum atomic E-state index is 5.78. The summed E-state index contributed by atoms with van der Waals surface area (Å²) in [5.41, 5.74) is 0.989. The Bertz CT molecular complexity index is 410. The molecule has 0 saturated carbocycles. The molecule has 0 radical (unpaired) electrons. The smallest absolute Gasteiger partial charge is 0.184 e. The van der Waals surface area contributed by atoms with E-state index < -0.39 is 0 Å². The molecule has 0 aliphatic heterocycles. The molecular weight excluding hydrogens is 210 g/mol. The number of benzene rings is 1. The molecule has 62 valence electrons. The molecule has 0 aliphatic carbocycles. The predicted molar refractivity (Wildman–Crippen MR) is 56.4 cm³/mol. The van der Waals surface area contributed by atoms with Gasteiger partial charge in [-0.25, -0.2) is 4.98 Å². The number of halogens is 1. The molecule has 0 N–H and O–H groups in total. The fraction of sp³-hybridized carbons (Fsp3) is 0.125. The minimum Gasteiger partial charge on any atom is -0.225 e. The van der Waals surface area contributed by atoms with Crippen LogP contribution < -0.4 is 0 Å². The van der Waals surface area contributed by atoms with Crippen molar-refractivity contribution in [2.45, 2.75) is 4.90 Å². The molecule has 1 aromatic heterocycles. The molecule has 2 aromatic rings. The van der Waals surface area contributed by atoms with Crippen molar-refractivity contribution in [3.05, 3.63) is 22.7 Å². The fourth-order valence-electron chi connectivity index (χ4n) is 1.00. The molecule has 0 aliphatic rings. The Kier molecular flexibility index (Phi) is 2.26. The van der Waals surface area contributed by atoms with E-state index in [2.05, 4.69) is 23.4 Å². The van der Waals surface area contributed by atoms with Gasteiger partial charge in [-0.15, -0.1) is 23.1 Å². The van der Waals surface area contributed by atoms with E-state index in [9.17, 15) is 0 Å². The van der Waals surface area contributed by atoms with Crippen LogP contribution in [0.15, 0.2) is 23.1 Å². The molecule has 0 atom stereocenters. The van der Waals surface area contributed by atoms with E-state index in [-0.39, 0.29) is 0 Å². The Hall–Kier alpha value is -0.250. The molecule has 0 amide bonds. The summed E-state index contributed by atoms with van der Waals surface area (Å²) in [7, 11) is 0. The first-order valence-corrected chi connectivity index (χ1v) is 5.81. The zero-order chi connectivity index (χ0) is 8.55. The lowest BCUT2D eigenvalue weighted by Gasteiger charge is -1.92. The van der Waals surface area contributed by atoms with Gasteiger partial charge in [-0.05, 0) is 24.5 Å². The average molecular weight is 216 g/mol. The van der Waals surface area contributed by atoms with Gasteiger partial charge in [0.15, 0.2) is 4.47 Å². The SMILES string of the molecule is CSc1ccc2nc(Cl)sc2c1. The van der Waals surface area contributed by atoms with E-state index in [1.807, 2.05) is 6.07 Å². The number of hydrogen-bond donors (Lipinski definition) is 0. The Morgan fingerprint density at radius 3 is 3.08 bits per heavy atom. The fourth-order valence-corrected chi connectivity index (χ4v) is 2.59. The van der Waals surface area contributed by atoms with Crippen LogP contribution in [0.5, 0.6) is 0 Å². The first-order chi connectivity index (χ1) is 5.79. The normalized spacial score (nSPS) is 10.8. The third-order valence-corrected chi connectivity index (χ3v) is 3.42. The van der Waals surface area contributed by atoms with Crippen LogP contribution in [0.3, 0.4) is 0 Å². The van der Waals surface area contributed by atoms with Gasteiger partial charge in [0.25, 0.3) is 0 Å². The van der Waals surface area contributed by atoms with E-state index in [4.69, 9.17) is 11.6 Å². The van der Waals surface area contributed by atoms with Gasteiger partial charge in [-0.2, -0.15) is 0 Å². The van der Waals surface area contributed by atoms with Crippen molar-refractivity contribution < 1.29 is 0 Å². The van der Waals surface area contributed by atoms with E-state index in [1.54, 1.807) is 11.8 Å². The largest absolute Gasteiger partial charge is 0.225 e. The summed E-state index contributed by atoms with van der Waals surface area (Å²) in [6, 6.07) is 6.18. The predicted octanol–water partition coefficient (Wildman–Crippen LogP) is 3.67. The van der Waals surface area contributed by atoms with Crippen molar-refractivity contribution in [3.8, 4) is 0 Å². The first-order valence-electron chi connectivity index (χ1n) is 3.39. The van der Waals surface area contributed by atoms with Gasteiger partial charge in [0.05, 0.1) is 10.2 Å². The van der Waals surface area contributed by atoms with Crippen LogP contribution in [0.4, 0.5) is 0 Å². The number of thiazole rings is 1. The zero-order valence-corrected chi connectivity index (χ0v) is 8.76. The topological polar surface area (TPSA) is 12.9 Å². The van der Waals surface area contributed by atoms with Crippen LogP contribution in [-0.4, -0.2) is 11.2 Å². The summed E-state index contributed by atoms with van der Waals surface area (Å²) in [4.78, 5) is 5.42. The van der Waals surface area contributed by atoms with Gasteiger partial charge in [0.2, 0.25) is 0 Å². The maximum absolute atomic E-state index is 5.78. The van der Waals surface area contributed by atoms with Crippen molar-refractivity contribution in [1.82, 2.24) is 4.98 Å². The highest BCUT2D eigenvalue weighted by Crippen LogP contribution is 2.28. The standard InChI is InChI=1S/C8H6ClNS2/c1-11-5-2-3-6-7(4-5)12-8(9)10-6/h2-4H,1H3. The third-order valence-electron chi connectivity index (χ3n) is 1.57. The van der Waals surface area contributed by atoms with Gasteiger partial charge in [-0.3, -0.25) is 0 Å². The lowest BCUT2D eigenvalue weighted by Crippen LogP contribution is -1.69. The Labute approximate surface area is 83.8 Å². The Balaban J connectivity index is 2.66. The second-order valence-electron chi connectivity index (χ2n) is 2.30. The number of nitrogens with zero attached hydrogens (tertiary/aromatic N) is 1. The molecule has 1 nitrogen and oxygen atoms in total. The van der Waals surface area contributed by atoms with E-state index in [1.165, 1.54) is 16.2 Å². The highest BCUT2D eigenvalue weighted by molar-refractivity contribution is 7.98. The third kappa shape index (κ3) is 1.44. The van der Waals surface area contributed by atoms with Crippen molar-refractivity contribution >= 4 is 44.9 Å². The summed E-state index contributed by atoms with van der Waals surface area (Å²) in [6.45, 7) is 0. The van der Waals surface area contributed by atoms with Crippen molar-refractivity contribution in [2.24, 2.45) is 0 Å².